The van der Waals surface area contributed by atoms with Crippen LogP contribution in [0.3, 0.4) is 0 Å². The number of carbonyl (C=O) groups is 1. The quantitative estimate of drug-likeness (QED) is 0.561. The molecular weight excluding hydrogens is 152 g/mol. The molecule has 0 aliphatic heterocycles. The molecule has 0 fully saturated rings. The summed E-state index contributed by atoms with van der Waals surface area (Å²) in [5.74, 6) is -0.162. The Morgan fingerprint density at radius 3 is 2.67 bits per heavy atom. The summed E-state index contributed by atoms with van der Waals surface area (Å²) in [6.07, 6.45) is 4.93. The lowest BCUT2D eigenvalue weighted by atomic mass is 9.78. The molecule has 12 heavy (non-hydrogen) atoms. The van der Waals surface area contributed by atoms with Crippen LogP contribution in [0.4, 0.5) is 0 Å². The first-order valence-electron chi connectivity index (χ1n) is 4.32. The molecule has 0 saturated carbocycles. The van der Waals surface area contributed by atoms with Gasteiger partial charge in [-0.15, -0.1) is 0 Å². The molecule has 0 unspecified atom stereocenters. The van der Waals surface area contributed by atoms with Gasteiger partial charge >= 0.3 is 5.97 Å². The standard InChI is InChI=1S/C10H16O2/c1-10(2)6-4-8(5-7-10)9(11)12-3/h4H,5-7H2,1-3H3. The molecule has 2 heteroatoms. The van der Waals surface area contributed by atoms with Crippen LogP contribution in [0.5, 0.6) is 0 Å². The minimum absolute atomic E-state index is 0.162. The van der Waals surface area contributed by atoms with Crippen molar-refractivity contribution in [2.75, 3.05) is 7.11 Å². The van der Waals surface area contributed by atoms with Gasteiger partial charge < -0.3 is 4.74 Å². The van der Waals surface area contributed by atoms with Crippen molar-refractivity contribution in [3.05, 3.63) is 11.6 Å². The van der Waals surface area contributed by atoms with Gasteiger partial charge in [-0.05, 0) is 24.7 Å². The fourth-order valence-corrected chi connectivity index (χ4v) is 1.39. The van der Waals surface area contributed by atoms with E-state index in [1.807, 2.05) is 6.08 Å². The smallest absolute Gasteiger partial charge is 0.333 e. The zero-order chi connectivity index (χ0) is 9.19. The predicted octanol–water partition coefficient (Wildman–Crippen LogP) is 2.30. The Kier molecular flexibility index (Phi) is 2.55. The highest BCUT2D eigenvalue weighted by molar-refractivity contribution is 5.88. The summed E-state index contributed by atoms with van der Waals surface area (Å²) in [6.45, 7) is 4.44. The third-order valence-electron chi connectivity index (χ3n) is 2.42. The summed E-state index contributed by atoms with van der Waals surface area (Å²) in [6, 6.07) is 0. The Bertz CT molecular complexity index is 214. The fourth-order valence-electron chi connectivity index (χ4n) is 1.39. The number of rotatable bonds is 1. The van der Waals surface area contributed by atoms with Gasteiger partial charge in [-0.3, -0.25) is 0 Å². The van der Waals surface area contributed by atoms with Crippen LogP contribution < -0.4 is 0 Å². The van der Waals surface area contributed by atoms with Crippen molar-refractivity contribution >= 4 is 5.97 Å². The van der Waals surface area contributed by atoms with Crippen molar-refractivity contribution in [3.63, 3.8) is 0 Å². The van der Waals surface area contributed by atoms with Crippen LogP contribution in [0, 0.1) is 5.41 Å². The number of methoxy groups -OCH3 is 1. The minimum atomic E-state index is -0.162. The normalized spacial score (nSPS) is 21.4. The van der Waals surface area contributed by atoms with Crippen LogP contribution in [0.15, 0.2) is 11.6 Å². The molecule has 0 aromatic heterocycles. The number of esters is 1. The second-order valence-corrected chi connectivity index (χ2v) is 4.09. The minimum Gasteiger partial charge on any atom is -0.466 e. The van der Waals surface area contributed by atoms with Crippen molar-refractivity contribution in [2.45, 2.75) is 33.1 Å². The topological polar surface area (TPSA) is 26.3 Å². The van der Waals surface area contributed by atoms with Crippen LogP contribution in [-0.4, -0.2) is 13.1 Å². The molecule has 2 nitrogen and oxygen atoms in total. The van der Waals surface area contributed by atoms with E-state index in [1.165, 1.54) is 7.11 Å². The van der Waals surface area contributed by atoms with E-state index in [1.54, 1.807) is 0 Å². The summed E-state index contributed by atoms with van der Waals surface area (Å²) in [4.78, 5) is 11.1. The maximum atomic E-state index is 11.1. The van der Waals surface area contributed by atoms with Gasteiger partial charge in [0, 0.05) is 5.57 Å². The number of hydrogen-bond donors (Lipinski definition) is 0. The van der Waals surface area contributed by atoms with Crippen LogP contribution in [0.2, 0.25) is 0 Å². The van der Waals surface area contributed by atoms with Gasteiger partial charge in [0.15, 0.2) is 0 Å². The van der Waals surface area contributed by atoms with E-state index < -0.39 is 0 Å². The van der Waals surface area contributed by atoms with E-state index in [-0.39, 0.29) is 5.97 Å². The van der Waals surface area contributed by atoms with E-state index in [9.17, 15) is 4.79 Å². The Labute approximate surface area is 73.6 Å². The fraction of sp³-hybridized carbons (Fsp3) is 0.700. The van der Waals surface area contributed by atoms with Crippen molar-refractivity contribution in [2.24, 2.45) is 5.41 Å². The molecule has 0 saturated heterocycles. The molecule has 0 atom stereocenters. The number of ether oxygens (including phenoxy) is 1. The molecule has 1 aliphatic rings. The lowest BCUT2D eigenvalue weighted by Gasteiger charge is -2.27. The van der Waals surface area contributed by atoms with Gasteiger partial charge in [0.05, 0.1) is 7.11 Å². The average Bonchev–Trinajstić information content (AvgIpc) is 2.03. The van der Waals surface area contributed by atoms with Gasteiger partial charge in [-0.2, -0.15) is 0 Å². The molecule has 0 aromatic carbocycles. The van der Waals surface area contributed by atoms with Crippen LogP contribution >= 0.6 is 0 Å². The monoisotopic (exact) mass is 168 g/mol. The Balaban J connectivity index is 2.62. The molecule has 0 N–H and O–H groups in total. The van der Waals surface area contributed by atoms with Crippen LogP contribution in [-0.2, 0) is 9.53 Å². The molecule has 0 radical (unpaired) electrons. The lowest BCUT2D eigenvalue weighted by molar-refractivity contribution is -0.136. The van der Waals surface area contributed by atoms with Crippen molar-refractivity contribution < 1.29 is 9.53 Å². The number of allylic oxidation sites excluding steroid dienone is 1. The maximum Gasteiger partial charge on any atom is 0.333 e. The van der Waals surface area contributed by atoms with Crippen molar-refractivity contribution in [3.8, 4) is 0 Å². The molecule has 0 amide bonds. The molecule has 1 aliphatic carbocycles. The highest BCUT2D eigenvalue weighted by Gasteiger charge is 2.24. The average molecular weight is 168 g/mol. The lowest BCUT2D eigenvalue weighted by Crippen LogP contribution is -2.18. The Morgan fingerprint density at radius 2 is 2.25 bits per heavy atom. The number of hydrogen-bond acceptors (Lipinski definition) is 2. The summed E-state index contributed by atoms with van der Waals surface area (Å²) in [7, 11) is 1.43. The summed E-state index contributed by atoms with van der Waals surface area (Å²) in [5, 5.41) is 0. The van der Waals surface area contributed by atoms with E-state index in [2.05, 4.69) is 18.6 Å². The van der Waals surface area contributed by atoms with Gasteiger partial charge in [0.2, 0.25) is 0 Å². The highest BCUT2D eigenvalue weighted by Crippen LogP contribution is 2.34. The SMILES string of the molecule is COC(=O)C1=CCC(C)(C)CC1. The Morgan fingerprint density at radius 1 is 1.58 bits per heavy atom. The van der Waals surface area contributed by atoms with Crippen LogP contribution in [0.25, 0.3) is 0 Å². The van der Waals surface area contributed by atoms with E-state index in [0.29, 0.717) is 5.41 Å². The first kappa shape index (κ1) is 9.30. The first-order chi connectivity index (χ1) is 5.55. The molecule has 0 spiro atoms. The van der Waals surface area contributed by atoms with Gasteiger partial charge in [-0.25, -0.2) is 4.79 Å². The molecule has 68 valence electrons. The third-order valence-corrected chi connectivity index (χ3v) is 2.42. The highest BCUT2D eigenvalue weighted by atomic mass is 16.5. The van der Waals surface area contributed by atoms with Gasteiger partial charge in [0.1, 0.15) is 0 Å². The second kappa shape index (κ2) is 3.30. The summed E-state index contributed by atoms with van der Waals surface area (Å²) < 4.78 is 4.65. The summed E-state index contributed by atoms with van der Waals surface area (Å²) >= 11 is 0. The van der Waals surface area contributed by atoms with E-state index >= 15 is 0 Å². The largest absolute Gasteiger partial charge is 0.466 e. The second-order valence-electron chi connectivity index (χ2n) is 4.09. The van der Waals surface area contributed by atoms with Crippen molar-refractivity contribution in [1.29, 1.82) is 0 Å². The van der Waals surface area contributed by atoms with Crippen LogP contribution in [0.1, 0.15) is 33.1 Å². The summed E-state index contributed by atoms with van der Waals surface area (Å²) in [5.41, 5.74) is 1.20. The molecule has 0 heterocycles. The molecule has 0 bridgehead atoms. The Hall–Kier alpha value is -0.790. The molecule has 0 aromatic rings. The van der Waals surface area contributed by atoms with Gasteiger partial charge in [0.25, 0.3) is 0 Å². The molecular formula is C10H16O2. The number of carbonyl (C=O) groups excluding carboxylic acids is 1. The van der Waals surface area contributed by atoms with E-state index in [0.717, 1.165) is 24.8 Å². The predicted molar refractivity (Wildman–Crippen MR) is 47.7 cm³/mol. The maximum absolute atomic E-state index is 11.1. The molecule has 1 rings (SSSR count). The van der Waals surface area contributed by atoms with Gasteiger partial charge in [-0.1, -0.05) is 19.9 Å². The first-order valence-corrected chi connectivity index (χ1v) is 4.32. The third kappa shape index (κ3) is 2.10. The van der Waals surface area contributed by atoms with E-state index in [4.69, 9.17) is 0 Å². The zero-order valence-corrected chi connectivity index (χ0v) is 8.02. The van der Waals surface area contributed by atoms with Crippen molar-refractivity contribution in [1.82, 2.24) is 0 Å². The zero-order valence-electron chi connectivity index (χ0n) is 8.02.